The predicted molar refractivity (Wildman–Crippen MR) is 77.7 cm³/mol. The van der Waals surface area contributed by atoms with E-state index in [0.717, 1.165) is 16.7 Å². The summed E-state index contributed by atoms with van der Waals surface area (Å²) in [6.07, 6.45) is -0.449. The summed E-state index contributed by atoms with van der Waals surface area (Å²) in [6.45, 7) is 1.22. The average Bonchev–Trinajstić information content (AvgIpc) is 2.89. The van der Waals surface area contributed by atoms with Crippen molar-refractivity contribution in [1.82, 2.24) is 0 Å². The molecule has 2 nitrogen and oxygen atoms in total. The lowest BCUT2D eigenvalue weighted by Gasteiger charge is -2.13. The number of hydrogen-bond acceptors (Lipinski definition) is 2. The van der Waals surface area contributed by atoms with Gasteiger partial charge in [-0.3, -0.25) is 0 Å². The maximum atomic E-state index is 13.8. The molecular formula is C16H14BrFO2. The maximum Gasteiger partial charge on any atom is 0.127 e. The normalized spacial score (nSPS) is 15.2. The van der Waals surface area contributed by atoms with Crippen LogP contribution in [0.5, 0.6) is 0 Å². The van der Waals surface area contributed by atoms with Crippen molar-refractivity contribution in [1.29, 1.82) is 0 Å². The highest BCUT2D eigenvalue weighted by Gasteiger charge is 2.16. The molecule has 1 unspecified atom stereocenters. The Kier molecular flexibility index (Phi) is 3.87. The van der Waals surface area contributed by atoms with Gasteiger partial charge in [0.25, 0.3) is 0 Å². The molecular weight excluding hydrogens is 323 g/mol. The number of hydrogen-bond donors (Lipinski definition) is 1. The second-order valence-electron chi connectivity index (χ2n) is 4.98. The largest absolute Gasteiger partial charge is 0.388 e. The van der Waals surface area contributed by atoms with Crippen molar-refractivity contribution >= 4 is 15.9 Å². The Morgan fingerprint density at radius 1 is 1.15 bits per heavy atom. The van der Waals surface area contributed by atoms with E-state index in [-0.39, 0.29) is 12.2 Å². The van der Waals surface area contributed by atoms with E-state index in [1.54, 1.807) is 12.1 Å². The molecule has 2 aromatic carbocycles. The summed E-state index contributed by atoms with van der Waals surface area (Å²) in [7, 11) is 0. The highest BCUT2D eigenvalue weighted by molar-refractivity contribution is 9.10. The molecule has 1 N–H and O–H groups in total. The standard InChI is InChI=1S/C16H14BrFO2/c17-14-4-3-10(15(18)7-14)6-16(19)11-1-2-12-8-20-9-13(12)5-11/h1-5,7,16,19H,6,8-9H2. The topological polar surface area (TPSA) is 29.5 Å². The molecule has 104 valence electrons. The van der Waals surface area contributed by atoms with E-state index < -0.39 is 6.10 Å². The minimum Gasteiger partial charge on any atom is -0.388 e. The number of rotatable bonds is 3. The van der Waals surface area contributed by atoms with Crippen molar-refractivity contribution in [2.24, 2.45) is 0 Å². The van der Waals surface area contributed by atoms with Crippen LogP contribution in [0.2, 0.25) is 0 Å². The van der Waals surface area contributed by atoms with E-state index in [1.165, 1.54) is 6.07 Å². The van der Waals surface area contributed by atoms with E-state index in [2.05, 4.69) is 15.9 Å². The quantitative estimate of drug-likeness (QED) is 0.921. The zero-order chi connectivity index (χ0) is 14.1. The fourth-order valence-electron chi connectivity index (χ4n) is 2.41. The van der Waals surface area contributed by atoms with Crippen LogP contribution in [0.15, 0.2) is 40.9 Å². The second-order valence-corrected chi connectivity index (χ2v) is 5.89. The molecule has 0 fully saturated rings. The Bertz CT molecular complexity index is 642. The van der Waals surface area contributed by atoms with Gasteiger partial charge in [-0.05, 0) is 34.4 Å². The third-order valence-corrected chi connectivity index (χ3v) is 4.05. The maximum absolute atomic E-state index is 13.8. The monoisotopic (exact) mass is 336 g/mol. The van der Waals surface area contributed by atoms with Crippen LogP contribution >= 0.6 is 15.9 Å². The SMILES string of the molecule is OC(Cc1ccc(Br)cc1F)c1ccc2c(c1)COC2. The minimum absolute atomic E-state index is 0.263. The fraction of sp³-hybridized carbons (Fsp3) is 0.250. The highest BCUT2D eigenvalue weighted by Crippen LogP contribution is 2.27. The highest BCUT2D eigenvalue weighted by atomic mass is 79.9. The first-order valence-electron chi connectivity index (χ1n) is 6.45. The van der Waals surface area contributed by atoms with Gasteiger partial charge in [-0.1, -0.05) is 40.2 Å². The van der Waals surface area contributed by atoms with Crippen molar-refractivity contribution in [2.45, 2.75) is 25.7 Å². The summed E-state index contributed by atoms with van der Waals surface area (Å²) in [5, 5.41) is 10.3. The van der Waals surface area contributed by atoms with E-state index in [0.29, 0.717) is 23.2 Å². The van der Waals surface area contributed by atoms with Crippen LogP contribution in [0.25, 0.3) is 0 Å². The van der Waals surface area contributed by atoms with Crippen LogP contribution in [0, 0.1) is 5.82 Å². The van der Waals surface area contributed by atoms with E-state index in [1.807, 2.05) is 18.2 Å². The Hall–Kier alpha value is -1.23. The molecule has 3 rings (SSSR count). The Balaban J connectivity index is 1.80. The molecule has 0 saturated carbocycles. The first-order valence-corrected chi connectivity index (χ1v) is 7.24. The van der Waals surface area contributed by atoms with Crippen molar-refractivity contribution in [2.75, 3.05) is 0 Å². The first kappa shape index (κ1) is 13.7. The molecule has 0 aliphatic carbocycles. The average molecular weight is 337 g/mol. The molecule has 1 aliphatic rings. The van der Waals surface area contributed by atoms with Gasteiger partial charge in [-0.15, -0.1) is 0 Å². The van der Waals surface area contributed by atoms with Gasteiger partial charge in [0.15, 0.2) is 0 Å². The second kappa shape index (κ2) is 5.64. The molecule has 0 aromatic heterocycles. The Labute approximate surface area is 125 Å². The lowest BCUT2D eigenvalue weighted by atomic mass is 9.98. The molecule has 0 amide bonds. The summed E-state index contributed by atoms with van der Waals surface area (Å²) < 4.78 is 19.8. The van der Waals surface area contributed by atoms with Crippen molar-refractivity contribution in [3.05, 3.63) is 68.9 Å². The van der Waals surface area contributed by atoms with E-state index in [9.17, 15) is 9.50 Å². The third-order valence-electron chi connectivity index (χ3n) is 3.56. The molecule has 1 aliphatic heterocycles. The number of aliphatic hydroxyl groups excluding tert-OH is 1. The molecule has 0 saturated heterocycles. The van der Waals surface area contributed by atoms with Crippen LogP contribution in [-0.4, -0.2) is 5.11 Å². The fourth-order valence-corrected chi connectivity index (χ4v) is 2.75. The summed E-state index contributed by atoms with van der Waals surface area (Å²) in [5.41, 5.74) is 3.59. The van der Waals surface area contributed by atoms with Gasteiger partial charge >= 0.3 is 0 Å². The van der Waals surface area contributed by atoms with Crippen LogP contribution < -0.4 is 0 Å². The van der Waals surface area contributed by atoms with Crippen LogP contribution in [0.3, 0.4) is 0 Å². The predicted octanol–water partition coefficient (Wildman–Crippen LogP) is 3.89. The number of aliphatic hydroxyl groups is 1. The molecule has 1 atom stereocenters. The molecule has 20 heavy (non-hydrogen) atoms. The molecule has 1 heterocycles. The van der Waals surface area contributed by atoms with E-state index in [4.69, 9.17) is 4.74 Å². The molecule has 4 heteroatoms. The van der Waals surface area contributed by atoms with Gasteiger partial charge in [0, 0.05) is 10.9 Å². The van der Waals surface area contributed by atoms with Crippen molar-refractivity contribution in [3.63, 3.8) is 0 Å². The van der Waals surface area contributed by atoms with E-state index >= 15 is 0 Å². The molecule has 0 radical (unpaired) electrons. The minimum atomic E-state index is -0.712. The van der Waals surface area contributed by atoms with Crippen molar-refractivity contribution < 1.29 is 14.2 Å². The van der Waals surface area contributed by atoms with Gasteiger partial charge < -0.3 is 9.84 Å². The smallest absolute Gasteiger partial charge is 0.127 e. The van der Waals surface area contributed by atoms with Gasteiger partial charge in [-0.2, -0.15) is 0 Å². The van der Waals surface area contributed by atoms with Crippen molar-refractivity contribution in [3.8, 4) is 0 Å². The molecule has 0 spiro atoms. The molecule has 2 aromatic rings. The lowest BCUT2D eigenvalue weighted by molar-refractivity contribution is 0.134. The van der Waals surface area contributed by atoms with Gasteiger partial charge in [-0.25, -0.2) is 4.39 Å². The summed E-state index contributed by atoms with van der Waals surface area (Å²) in [4.78, 5) is 0. The number of fused-ring (bicyclic) bond motifs is 1. The number of halogens is 2. The molecule has 0 bridgehead atoms. The summed E-state index contributed by atoms with van der Waals surface area (Å²) in [5.74, 6) is -0.303. The lowest BCUT2D eigenvalue weighted by Crippen LogP contribution is -2.04. The zero-order valence-corrected chi connectivity index (χ0v) is 12.4. The Morgan fingerprint density at radius 3 is 2.75 bits per heavy atom. The number of benzene rings is 2. The van der Waals surface area contributed by atoms with Gasteiger partial charge in [0.05, 0.1) is 19.3 Å². The van der Waals surface area contributed by atoms with Crippen LogP contribution in [0.4, 0.5) is 4.39 Å². The Morgan fingerprint density at radius 2 is 1.95 bits per heavy atom. The van der Waals surface area contributed by atoms with Gasteiger partial charge in [0.2, 0.25) is 0 Å². The number of ether oxygens (including phenoxy) is 1. The summed E-state index contributed by atoms with van der Waals surface area (Å²) >= 11 is 3.22. The third kappa shape index (κ3) is 2.77. The van der Waals surface area contributed by atoms with Gasteiger partial charge in [0.1, 0.15) is 5.82 Å². The van der Waals surface area contributed by atoms with Crippen LogP contribution in [0.1, 0.15) is 28.4 Å². The first-order chi connectivity index (χ1) is 9.63. The summed E-state index contributed by atoms with van der Waals surface area (Å²) in [6, 6.07) is 10.7. The zero-order valence-electron chi connectivity index (χ0n) is 10.8. The van der Waals surface area contributed by atoms with Crippen LogP contribution in [-0.2, 0) is 24.4 Å².